The number of carbonyl (C=O) groups is 4. The fourth-order valence-electron chi connectivity index (χ4n) is 3.30. The summed E-state index contributed by atoms with van der Waals surface area (Å²) in [6.45, 7) is 1.90. The van der Waals surface area contributed by atoms with Crippen molar-refractivity contribution in [3.05, 3.63) is 59.7 Å². The lowest BCUT2D eigenvalue weighted by molar-refractivity contribution is -0.134. The van der Waals surface area contributed by atoms with Crippen molar-refractivity contribution >= 4 is 29.3 Å². The molecule has 3 rings (SSSR count). The van der Waals surface area contributed by atoms with E-state index < -0.39 is 11.8 Å². The quantitative estimate of drug-likeness (QED) is 0.674. The summed E-state index contributed by atoms with van der Waals surface area (Å²) in [7, 11) is 1.51. The van der Waals surface area contributed by atoms with Gasteiger partial charge in [-0.15, -0.1) is 0 Å². The number of anilines is 1. The van der Waals surface area contributed by atoms with Crippen LogP contribution in [0.15, 0.2) is 48.5 Å². The molecule has 4 amide bonds. The van der Waals surface area contributed by atoms with Gasteiger partial charge in [0.05, 0.1) is 30.5 Å². The average molecular weight is 409 g/mol. The second-order valence-corrected chi connectivity index (χ2v) is 6.71. The molecule has 0 radical (unpaired) electrons. The fourth-order valence-corrected chi connectivity index (χ4v) is 3.30. The Bertz CT molecular complexity index is 953. The number of ether oxygens (including phenoxy) is 1. The third-order valence-corrected chi connectivity index (χ3v) is 4.88. The van der Waals surface area contributed by atoms with E-state index in [4.69, 9.17) is 4.74 Å². The summed E-state index contributed by atoms with van der Waals surface area (Å²) in [6.07, 6.45) is -0.0543. The van der Waals surface area contributed by atoms with Crippen LogP contribution in [0.4, 0.5) is 5.69 Å². The van der Waals surface area contributed by atoms with E-state index in [1.165, 1.54) is 12.0 Å². The Morgan fingerprint density at radius 1 is 1.00 bits per heavy atom. The number of methoxy groups -OCH3 is 1. The lowest BCUT2D eigenvalue weighted by atomic mass is 10.1. The highest BCUT2D eigenvalue weighted by Crippen LogP contribution is 2.24. The molecule has 0 atom stereocenters. The smallest absolute Gasteiger partial charge is 0.261 e. The Morgan fingerprint density at radius 2 is 1.60 bits per heavy atom. The van der Waals surface area contributed by atoms with Gasteiger partial charge in [-0.3, -0.25) is 24.1 Å². The third kappa shape index (κ3) is 4.32. The minimum atomic E-state index is -0.402. The van der Waals surface area contributed by atoms with E-state index in [-0.39, 0.29) is 31.3 Å². The minimum Gasteiger partial charge on any atom is -0.495 e. The summed E-state index contributed by atoms with van der Waals surface area (Å²) >= 11 is 0. The fraction of sp³-hybridized carbons (Fsp3) is 0.273. The Kier molecular flexibility index (Phi) is 6.46. The summed E-state index contributed by atoms with van der Waals surface area (Å²) < 4.78 is 5.20. The van der Waals surface area contributed by atoms with Crippen molar-refractivity contribution in [2.24, 2.45) is 0 Å². The summed E-state index contributed by atoms with van der Waals surface area (Å²) in [5, 5.41) is 2.73. The summed E-state index contributed by atoms with van der Waals surface area (Å²) in [6, 6.07) is 13.6. The molecule has 1 aliphatic rings. The number of carbonyl (C=O) groups excluding carboxylic acids is 4. The number of nitrogens with zero attached hydrogens (tertiary/aromatic N) is 2. The average Bonchev–Trinajstić information content (AvgIpc) is 3.00. The van der Waals surface area contributed by atoms with Crippen LogP contribution >= 0.6 is 0 Å². The zero-order chi connectivity index (χ0) is 21.7. The normalized spacial score (nSPS) is 12.5. The maximum atomic E-state index is 12.6. The van der Waals surface area contributed by atoms with Crippen LogP contribution in [0.1, 0.15) is 34.1 Å². The van der Waals surface area contributed by atoms with E-state index in [1.54, 1.807) is 55.5 Å². The molecule has 0 bridgehead atoms. The van der Waals surface area contributed by atoms with Crippen LogP contribution in [0.2, 0.25) is 0 Å². The molecular weight excluding hydrogens is 386 g/mol. The highest BCUT2D eigenvalue weighted by molar-refractivity contribution is 6.21. The minimum absolute atomic E-state index is 0.0319. The molecule has 8 nitrogen and oxygen atoms in total. The van der Waals surface area contributed by atoms with Crippen LogP contribution in [0, 0.1) is 0 Å². The van der Waals surface area contributed by atoms with Gasteiger partial charge < -0.3 is 15.0 Å². The van der Waals surface area contributed by atoms with Crippen molar-refractivity contribution in [2.75, 3.05) is 32.1 Å². The van der Waals surface area contributed by atoms with Crippen molar-refractivity contribution in [3.63, 3.8) is 0 Å². The van der Waals surface area contributed by atoms with Crippen LogP contribution in [-0.4, -0.2) is 60.2 Å². The molecule has 0 aromatic heterocycles. The van der Waals surface area contributed by atoms with Crippen molar-refractivity contribution < 1.29 is 23.9 Å². The molecule has 0 unspecified atom stereocenters. The monoisotopic (exact) mass is 409 g/mol. The maximum Gasteiger partial charge on any atom is 0.261 e. The number of fused-ring (bicyclic) bond motifs is 1. The summed E-state index contributed by atoms with van der Waals surface area (Å²) in [4.78, 5) is 52.3. The summed E-state index contributed by atoms with van der Waals surface area (Å²) in [5.74, 6) is -0.966. The first kappa shape index (κ1) is 21.0. The molecule has 8 heteroatoms. The van der Waals surface area contributed by atoms with E-state index >= 15 is 0 Å². The molecule has 156 valence electrons. The lowest BCUT2D eigenvalue weighted by Crippen LogP contribution is -2.40. The van der Waals surface area contributed by atoms with Crippen molar-refractivity contribution in [1.29, 1.82) is 0 Å². The Balaban J connectivity index is 1.57. The van der Waals surface area contributed by atoms with Gasteiger partial charge in [-0.25, -0.2) is 0 Å². The number of hydrogen-bond acceptors (Lipinski definition) is 5. The summed E-state index contributed by atoms with van der Waals surface area (Å²) in [5.41, 5.74) is 1.21. The molecule has 0 saturated carbocycles. The zero-order valence-electron chi connectivity index (χ0n) is 16.9. The molecule has 1 heterocycles. The lowest BCUT2D eigenvalue weighted by Gasteiger charge is -2.22. The molecule has 0 fully saturated rings. The molecule has 1 aliphatic heterocycles. The zero-order valence-corrected chi connectivity index (χ0v) is 16.9. The second-order valence-electron chi connectivity index (χ2n) is 6.71. The Labute approximate surface area is 174 Å². The van der Waals surface area contributed by atoms with Crippen LogP contribution in [0.5, 0.6) is 5.75 Å². The van der Waals surface area contributed by atoms with E-state index in [0.29, 0.717) is 29.1 Å². The number of para-hydroxylation sites is 2. The first-order valence-corrected chi connectivity index (χ1v) is 9.62. The first-order chi connectivity index (χ1) is 14.5. The van der Waals surface area contributed by atoms with Crippen LogP contribution in [0.25, 0.3) is 0 Å². The molecule has 0 spiro atoms. The predicted molar refractivity (Wildman–Crippen MR) is 110 cm³/mol. The van der Waals surface area contributed by atoms with E-state index in [2.05, 4.69) is 5.32 Å². The van der Waals surface area contributed by atoms with Gasteiger partial charge in [-0.1, -0.05) is 24.3 Å². The van der Waals surface area contributed by atoms with Gasteiger partial charge in [0.15, 0.2) is 0 Å². The molecule has 1 N–H and O–H groups in total. The number of rotatable bonds is 8. The van der Waals surface area contributed by atoms with E-state index in [9.17, 15) is 19.2 Å². The number of hydrogen-bond donors (Lipinski definition) is 1. The molecule has 0 saturated heterocycles. The number of amides is 4. The number of imide groups is 1. The van der Waals surface area contributed by atoms with E-state index in [1.807, 2.05) is 0 Å². The third-order valence-electron chi connectivity index (χ3n) is 4.88. The van der Waals surface area contributed by atoms with Crippen molar-refractivity contribution in [1.82, 2.24) is 9.80 Å². The standard InChI is InChI=1S/C22H23N3O5/c1-3-24(14-19(26)23-17-10-6-7-11-18(17)30-2)20(27)12-13-25-21(28)15-8-4-5-9-16(15)22(25)29/h4-11H,3,12-14H2,1-2H3,(H,23,26). The first-order valence-electron chi connectivity index (χ1n) is 9.62. The molecule has 0 aliphatic carbocycles. The van der Waals surface area contributed by atoms with Crippen molar-refractivity contribution in [3.8, 4) is 5.75 Å². The predicted octanol–water partition coefficient (Wildman–Crippen LogP) is 2.17. The highest BCUT2D eigenvalue weighted by atomic mass is 16.5. The topological polar surface area (TPSA) is 96.0 Å². The second kappa shape index (κ2) is 9.21. The number of benzene rings is 2. The maximum absolute atomic E-state index is 12.6. The van der Waals surface area contributed by atoms with Gasteiger partial charge in [0.2, 0.25) is 11.8 Å². The van der Waals surface area contributed by atoms with Gasteiger partial charge in [0, 0.05) is 19.5 Å². The molecular formula is C22H23N3O5. The Morgan fingerprint density at radius 3 is 2.20 bits per heavy atom. The van der Waals surface area contributed by atoms with Gasteiger partial charge in [-0.2, -0.15) is 0 Å². The van der Waals surface area contributed by atoms with Crippen LogP contribution in [0.3, 0.4) is 0 Å². The molecule has 2 aromatic rings. The van der Waals surface area contributed by atoms with Crippen LogP contribution in [-0.2, 0) is 9.59 Å². The molecule has 30 heavy (non-hydrogen) atoms. The Hall–Kier alpha value is -3.68. The van der Waals surface area contributed by atoms with Crippen molar-refractivity contribution in [2.45, 2.75) is 13.3 Å². The van der Waals surface area contributed by atoms with E-state index in [0.717, 1.165) is 4.90 Å². The van der Waals surface area contributed by atoms with Crippen LogP contribution < -0.4 is 10.1 Å². The number of likely N-dealkylation sites (N-methyl/N-ethyl adjacent to an activating group) is 1. The highest BCUT2D eigenvalue weighted by Gasteiger charge is 2.35. The SMILES string of the molecule is CCN(CC(=O)Nc1ccccc1OC)C(=O)CCN1C(=O)c2ccccc2C1=O. The van der Waals surface area contributed by atoms with Gasteiger partial charge >= 0.3 is 0 Å². The van der Waals surface area contributed by atoms with Gasteiger partial charge in [-0.05, 0) is 31.2 Å². The largest absolute Gasteiger partial charge is 0.495 e. The van der Waals surface area contributed by atoms with Gasteiger partial charge in [0.1, 0.15) is 5.75 Å². The molecule has 2 aromatic carbocycles. The van der Waals surface area contributed by atoms with Gasteiger partial charge in [0.25, 0.3) is 11.8 Å². The number of nitrogens with one attached hydrogen (secondary N) is 1.